The molecule has 1 fully saturated rings. The minimum Gasteiger partial charge on any atom is -0.384 e. The Kier molecular flexibility index (Phi) is 5.15. The second-order valence-electron chi connectivity index (χ2n) is 6.37. The van der Waals surface area contributed by atoms with E-state index >= 15 is 0 Å². The molecular formula is C17H23N3O3S. The molecule has 0 unspecified atom stereocenters. The number of sulfonamides is 1. The van der Waals surface area contributed by atoms with Crippen molar-refractivity contribution in [3.8, 4) is 0 Å². The van der Waals surface area contributed by atoms with Crippen LogP contribution in [0.2, 0.25) is 0 Å². The number of hydrogen-bond acceptors (Lipinski definition) is 5. The number of fused-ring (bicyclic) bond motifs is 1. The molecule has 0 radical (unpaired) electrons. The van der Waals surface area contributed by atoms with Crippen molar-refractivity contribution in [2.45, 2.75) is 17.7 Å². The van der Waals surface area contributed by atoms with Gasteiger partial charge in [-0.2, -0.15) is 0 Å². The van der Waals surface area contributed by atoms with Crippen molar-refractivity contribution >= 4 is 20.9 Å². The maximum Gasteiger partial charge on any atom is 0.242 e. The Bertz CT molecular complexity index is 796. The Morgan fingerprint density at radius 2 is 2.04 bits per heavy atom. The highest BCUT2D eigenvalue weighted by Gasteiger charge is 2.33. The number of methoxy groups -OCH3 is 1. The molecule has 2 aromatic rings. The minimum atomic E-state index is -3.60. The molecule has 2 heterocycles. The zero-order valence-electron chi connectivity index (χ0n) is 13.8. The highest BCUT2D eigenvalue weighted by Crippen LogP contribution is 2.29. The maximum atomic E-state index is 12.7. The van der Waals surface area contributed by atoms with Crippen LogP contribution in [0.15, 0.2) is 41.4 Å². The van der Waals surface area contributed by atoms with E-state index in [-0.39, 0.29) is 10.3 Å². The molecule has 130 valence electrons. The van der Waals surface area contributed by atoms with E-state index in [1.54, 1.807) is 13.2 Å². The van der Waals surface area contributed by atoms with Crippen LogP contribution in [-0.2, 0) is 14.8 Å². The number of para-hydroxylation sites is 1. The number of aromatic nitrogens is 1. The molecular weight excluding hydrogens is 326 g/mol. The fourth-order valence-corrected chi connectivity index (χ4v) is 4.30. The van der Waals surface area contributed by atoms with Crippen LogP contribution in [0.5, 0.6) is 0 Å². The van der Waals surface area contributed by atoms with Gasteiger partial charge in [0.25, 0.3) is 0 Å². The fourth-order valence-electron chi connectivity index (χ4n) is 3.16. The lowest BCUT2D eigenvalue weighted by atomic mass is 9.80. The molecule has 1 saturated heterocycles. The van der Waals surface area contributed by atoms with Crippen LogP contribution in [0.1, 0.15) is 12.8 Å². The summed E-state index contributed by atoms with van der Waals surface area (Å²) in [4.78, 5) is 4.44. The Labute approximate surface area is 142 Å². The van der Waals surface area contributed by atoms with Crippen molar-refractivity contribution in [1.29, 1.82) is 0 Å². The molecule has 0 atom stereocenters. The van der Waals surface area contributed by atoms with E-state index in [1.165, 1.54) is 6.20 Å². The SMILES string of the molecule is COCC1(CNS(=O)(=O)c2cnc3ccccc3c2)CCNCC1. The van der Waals surface area contributed by atoms with E-state index in [0.29, 0.717) is 13.2 Å². The molecule has 0 amide bonds. The van der Waals surface area contributed by atoms with E-state index in [2.05, 4.69) is 15.0 Å². The molecule has 2 N–H and O–H groups in total. The van der Waals surface area contributed by atoms with E-state index < -0.39 is 10.0 Å². The normalized spacial score (nSPS) is 17.9. The lowest BCUT2D eigenvalue weighted by molar-refractivity contribution is 0.0577. The summed E-state index contributed by atoms with van der Waals surface area (Å²) in [5, 5.41) is 4.12. The van der Waals surface area contributed by atoms with Crippen LogP contribution in [-0.4, -0.2) is 46.8 Å². The molecule has 1 aromatic carbocycles. The van der Waals surface area contributed by atoms with Crippen molar-refractivity contribution < 1.29 is 13.2 Å². The first-order valence-electron chi connectivity index (χ1n) is 8.09. The Morgan fingerprint density at radius 3 is 2.79 bits per heavy atom. The average Bonchev–Trinajstić information content (AvgIpc) is 2.61. The van der Waals surface area contributed by atoms with E-state index in [9.17, 15) is 8.42 Å². The summed E-state index contributed by atoms with van der Waals surface area (Å²) < 4.78 is 33.4. The van der Waals surface area contributed by atoms with Gasteiger partial charge in [0.1, 0.15) is 4.90 Å². The predicted octanol–water partition coefficient (Wildman–Crippen LogP) is 1.53. The van der Waals surface area contributed by atoms with Gasteiger partial charge in [-0.3, -0.25) is 4.98 Å². The number of ether oxygens (including phenoxy) is 1. The molecule has 1 aliphatic rings. The molecule has 0 aliphatic carbocycles. The van der Waals surface area contributed by atoms with Gasteiger partial charge in [0, 0.05) is 30.7 Å². The van der Waals surface area contributed by atoms with Gasteiger partial charge in [-0.1, -0.05) is 18.2 Å². The van der Waals surface area contributed by atoms with Crippen molar-refractivity contribution in [1.82, 2.24) is 15.0 Å². The fraction of sp³-hybridized carbons (Fsp3) is 0.471. The van der Waals surface area contributed by atoms with Gasteiger partial charge in [0.15, 0.2) is 0 Å². The molecule has 0 saturated carbocycles. The minimum absolute atomic E-state index is 0.155. The largest absolute Gasteiger partial charge is 0.384 e. The number of piperidine rings is 1. The summed E-state index contributed by atoms with van der Waals surface area (Å²) in [6, 6.07) is 9.14. The lowest BCUT2D eigenvalue weighted by Gasteiger charge is -2.37. The number of nitrogens with zero attached hydrogens (tertiary/aromatic N) is 1. The molecule has 24 heavy (non-hydrogen) atoms. The maximum absolute atomic E-state index is 12.7. The van der Waals surface area contributed by atoms with Crippen LogP contribution in [0.3, 0.4) is 0 Å². The van der Waals surface area contributed by atoms with Gasteiger partial charge in [0.2, 0.25) is 10.0 Å². The predicted molar refractivity (Wildman–Crippen MR) is 93.3 cm³/mol. The van der Waals surface area contributed by atoms with Gasteiger partial charge in [-0.15, -0.1) is 0 Å². The van der Waals surface area contributed by atoms with Crippen molar-refractivity contribution in [3.63, 3.8) is 0 Å². The number of hydrogen-bond donors (Lipinski definition) is 2. The first-order chi connectivity index (χ1) is 11.5. The van der Waals surface area contributed by atoms with Gasteiger partial charge in [-0.25, -0.2) is 13.1 Å². The molecule has 1 aromatic heterocycles. The summed E-state index contributed by atoms with van der Waals surface area (Å²) in [7, 11) is -1.94. The second-order valence-corrected chi connectivity index (χ2v) is 8.14. The van der Waals surface area contributed by atoms with E-state index in [1.807, 2.05) is 24.3 Å². The summed E-state index contributed by atoms with van der Waals surface area (Å²) in [6.07, 6.45) is 3.19. The smallest absolute Gasteiger partial charge is 0.242 e. The van der Waals surface area contributed by atoms with Crippen molar-refractivity contribution in [2.75, 3.05) is 33.4 Å². The summed E-state index contributed by atoms with van der Waals surface area (Å²) in [5.74, 6) is 0. The van der Waals surface area contributed by atoms with Gasteiger partial charge >= 0.3 is 0 Å². The van der Waals surface area contributed by atoms with Gasteiger partial charge in [0.05, 0.1) is 12.1 Å². The highest BCUT2D eigenvalue weighted by atomic mass is 32.2. The Hall–Kier alpha value is -1.54. The number of nitrogens with one attached hydrogen (secondary N) is 2. The third-order valence-electron chi connectivity index (χ3n) is 4.63. The highest BCUT2D eigenvalue weighted by molar-refractivity contribution is 7.89. The van der Waals surface area contributed by atoms with Crippen molar-refractivity contribution in [2.24, 2.45) is 5.41 Å². The van der Waals surface area contributed by atoms with Crippen molar-refractivity contribution in [3.05, 3.63) is 36.5 Å². The number of pyridine rings is 1. The summed E-state index contributed by atoms with van der Waals surface area (Å²) in [6.45, 7) is 2.68. The van der Waals surface area contributed by atoms with E-state index in [0.717, 1.165) is 36.8 Å². The number of benzene rings is 1. The molecule has 1 aliphatic heterocycles. The van der Waals surface area contributed by atoms with E-state index in [4.69, 9.17) is 4.74 Å². The van der Waals surface area contributed by atoms with Gasteiger partial charge < -0.3 is 10.1 Å². The summed E-state index contributed by atoms with van der Waals surface area (Å²) in [5.41, 5.74) is 0.628. The average molecular weight is 349 g/mol. The Balaban J connectivity index is 1.79. The molecule has 0 bridgehead atoms. The third-order valence-corrected chi connectivity index (χ3v) is 6.00. The summed E-state index contributed by atoms with van der Waals surface area (Å²) >= 11 is 0. The lowest BCUT2D eigenvalue weighted by Crippen LogP contribution is -2.47. The zero-order valence-corrected chi connectivity index (χ0v) is 14.6. The standard InChI is InChI=1S/C17H23N3O3S/c1-23-13-17(6-8-18-9-7-17)12-20-24(21,22)15-10-14-4-2-3-5-16(14)19-11-15/h2-5,10-11,18,20H,6-9,12-13H2,1H3. The first-order valence-corrected chi connectivity index (χ1v) is 9.57. The molecule has 0 spiro atoms. The Morgan fingerprint density at radius 1 is 1.29 bits per heavy atom. The molecule has 7 heteroatoms. The second kappa shape index (κ2) is 7.14. The van der Waals surface area contributed by atoms with Crippen LogP contribution in [0.25, 0.3) is 10.9 Å². The first kappa shape index (κ1) is 17.3. The monoisotopic (exact) mass is 349 g/mol. The topological polar surface area (TPSA) is 80.3 Å². The van der Waals surface area contributed by atoms with Crippen LogP contribution < -0.4 is 10.0 Å². The molecule has 6 nitrogen and oxygen atoms in total. The van der Waals surface area contributed by atoms with Crippen LogP contribution in [0, 0.1) is 5.41 Å². The quantitative estimate of drug-likeness (QED) is 0.827. The molecule has 3 rings (SSSR count). The zero-order chi connectivity index (χ0) is 17.0. The van der Waals surface area contributed by atoms with Crippen LogP contribution in [0.4, 0.5) is 0 Å². The van der Waals surface area contributed by atoms with Gasteiger partial charge in [-0.05, 0) is 38.1 Å². The third kappa shape index (κ3) is 3.75. The van der Waals surface area contributed by atoms with Crippen LogP contribution >= 0.6 is 0 Å². The number of rotatable bonds is 6.